The summed E-state index contributed by atoms with van der Waals surface area (Å²) >= 11 is 0. The highest BCUT2D eigenvalue weighted by molar-refractivity contribution is 5.87. The van der Waals surface area contributed by atoms with E-state index in [0.29, 0.717) is 32.2 Å². The Morgan fingerprint density at radius 2 is 2.14 bits per heavy atom. The van der Waals surface area contributed by atoms with Crippen LogP contribution in [-0.4, -0.2) is 52.8 Å². The first-order valence-electron chi connectivity index (χ1n) is 7.31. The predicted molar refractivity (Wildman–Crippen MR) is 78.1 cm³/mol. The molecule has 7 nitrogen and oxygen atoms in total. The van der Waals surface area contributed by atoms with Gasteiger partial charge in [0.15, 0.2) is 5.66 Å². The molecular formula is C15H21N3O4. The van der Waals surface area contributed by atoms with Gasteiger partial charge in [-0.15, -0.1) is 12.3 Å². The van der Waals surface area contributed by atoms with Crippen molar-refractivity contribution in [3.8, 4) is 12.3 Å². The minimum absolute atomic E-state index is 0.205. The molecule has 2 aliphatic rings. The van der Waals surface area contributed by atoms with E-state index in [1.54, 1.807) is 6.92 Å². The maximum absolute atomic E-state index is 12.5. The lowest BCUT2D eigenvalue weighted by atomic mass is 9.97. The van der Waals surface area contributed by atoms with Crippen molar-refractivity contribution in [2.45, 2.75) is 56.3 Å². The molecule has 2 unspecified atom stereocenters. The van der Waals surface area contributed by atoms with Gasteiger partial charge in [0.25, 0.3) is 0 Å². The molecule has 120 valence electrons. The summed E-state index contributed by atoms with van der Waals surface area (Å²) in [4.78, 5) is 25.4. The number of carbonyl (C=O) groups excluding carboxylic acids is 1. The third-order valence-electron chi connectivity index (χ3n) is 4.49. The Labute approximate surface area is 129 Å². The predicted octanol–water partition coefficient (Wildman–Crippen LogP) is 1.43. The topological polar surface area (TPSA) is 91.6 Å². The summed E-state index contributed by atoms with van der Waals surface area (Å²) in [5, 5.41) is 17.4. The Morgan fingerprint density at radius 1 is 1.45 bits per heavy atom. The van der Waals surface area contributed by atoms with Gasteiger partial charge in [0.05, 0.1) is 6.10 Å². The Morgan fingerprint density at radius 3 is 2.64 bits per heavy atom. The van der Waals surface area contributed by atoms with Crippen molar-refractivity contribution in [2.75, 3.05) is 13.7 Å². The van der Waals surface area contributed by atoms with Crippen LogP contribution in [0.2, 0.25) is 0 Å². The highest BCUT2D eigenvalue weighted by Crippen LogP contribution is 2.39. The number of carboxylic acids is 1. The molecule has 1 fully saturated rings. The summed E-state index contributed by atoms with van der Waals surface area (Å²) in [7, 11) is 1.53. The number of aliphatic carboxylic acids is 1. The zero-order valence-corrected chi connectivity index (χ0v) is 12.9. The normalized spacial score (nSPS) is 28.4. The van der Waals surface area contributed by atoms with Crippen LogP contribution < -0.4 is 0 Å². The number of rotatable bonds is 7. The first kappa shape index (κ1) is 16.4. The van der Waals surface area contributed by atoms with Crippen LogP contribution in [0.15, 0.2) is 10.2 Å². The number of likely N-dealkylation sites (tertiary alicyclic amines) is 1. The van der Waals surface area contributed by atoms with Gasteiger partial charge in [-0.05, 0) is 6.92 Å². The molecule has 2 aliphatic heterocycles. The van der Waals surface area contributed by atoms with Crippen molar-refractivity contribution in [3.05, 3.63) is 0 Å². The largest absolute Gasteiger partial charge is 0.480 e. The summed E-state index contributed by atoms with van der Waals surface area (Å²) in [6.07, 6.45) is 7.14. The molecule has 22 heavy (non-hydrogen) atoms. The number of hydrogen-bond donors (Lipinski definition) is 1. The van der Waals surface area contributed by atoms with Crippen LogP contribution in [0.3, 0.4) is 0 Å². The van der Waals surface area contributed by atoms with Crippen molar-refractivity contribution >= 4 is 11.9 Å². The minimum Gasteiger partial charge on any atom is -0.480 e. The number of ether oxygens (including phenoxy) is 1. The lowest BCUT2D eigenvalue weighted by Gasteiger charge is -2.31. The highest BCUT2D eigenvalue weighted by Gasteiger charge is 2.50. The molecule has 0 spiro atoms. The first-order chi connectivity index (χ1) is 10.4. The molecule has 0 aromatic rings. The van der Waals surface area contributed by atoms with E-state index in [1.807, 2.05) is 0 Å². The van der Waals surface area contributed by atoms with Gasteiger partial charge >= 0.3 is 5.97 Å². The molecule has 1 saturated heterocycles. The zero-order valence-electron chi connectivity index (χ0n) is 12.9. The molecule has 1 amide bonds. The fourth-order valence-corrected chi connectivity index (χ4v) is 2.87. The standard InChI is InChI=1S/C15H21N3O4/c1-4-5-7-15(16-17-15)8-6-12(19)18-10-11(22-3)9-14(18,2)13(20)21/h1,11H,5-10H2,2-3H3,(H,20,21). The summed E-state index contributed by atoms with van der Waals surface area (Å²) in [5.74, 6) is 1.32. The number of hydrogen-bond acceptors (Lipinski definition) is 5. The second-order valence-electron chi connectivity index (χ2n) is 6.03. The van der Waals surface area contributed by atoms with Crippen LogP contribution in [0.1, 0.15) is 39.0 Å². The van der Waals surface area contributed by atoms with E-state index in [1.165, 1.54) is 12.0 Å². The Balaban J connectivity index is 1.96. The third-order valence-corrected chi connectivity index (χ3v) is 4.49. The Bertz CT molecular complexity index is 533. The first-order valence-corrected chi connectivity index (χ1v) is 7.31. The van der Waals surface area contributed by atoms with E-state index in [0.717, 1.165) is 0 Å². The van der Waals surface area contributed by atoms with Crippen LogP contribution in [-0.2, 0) is 14.3 Å². The maximum Gasteiger partial charge on any atom is 0.329 e. The smallest absolute Gasteiger partial charge is 0.329 e. The lowest BCUT2D eigenvalue weighted by molar-refractivity contribution is -0.155. The fraction of sp³-hybridized carbons (Fsp3) is 0.733. The van der Waals surface area contributed by atoms with Crippen molar-refractivity contribution in [3.63, 3.8) is 0 Å². The van der Waals surface area contributed by atoms with Crippen molar-refractivity contribution < 1.29 is 19.4 Å². The van der Waals surface area contributed by atoms with Crippen LogP contribution in [0, 0.1) is 12.3 Å². The van der Waals surface area contributed by atoms with E-state index < -0.39 is 17.2 Å². The molecule has 2 rings (SSSR count). The highest BCUT2D eigenvalue weighted by atomic mass is 16.5. The van der Waals surface area contributed by atoms with Crippen LogP contribution in [0.4, 0.5) is 0 Å². The van der Waals surface area contributed by atoms with E-state index in [-0.39, 0.29) is 18.4 Å². The van der Waals surface area contributed by atoms with Crippen molar-refractivity contribution in [1.82, 2.24) is 4.90 Å². The number of carboxylic acid groups (broad SMARTS) is 1. The van der Waals surface area contributed by atoms with E-state index in [9.17, 15) is 14.7 Å². The number of carbonyl (C=O) groups is 2. The van der Waals surface area contributed by atoms with Gasteiger partial charge < -0.3 is 14.7 Å². The van der Waals surface area contributed by atoms with Crippen molar-refractivity contribution in [2.24, 2.45) is 10.2 Å². The number of terminal acetylenes is 1. The molecule has 0 aromatic heterocycles. The van der Waals surface area contributed by atoms with Crippen molar-refractivity contribution in [1.29, 1.82) is 0 Å². The molecule has 2 atom stereocenters. The molecule has 0 aliphatic carbocycles. The van der Waals surface area contributed by atoms with Crippen LogP contribution in [0.25, 0.3) is 0 Å². The number of nitrogens with zero attached hydrogens (tertiary/aromatic N) is 3. The third kappa shape index (κ3) is 3.12. The molecule has 0 aromatic carbocycles. The van der Waals surface area contributed by atoms with Gasteiger partial charge in [-0.3, -0.25) is 4.79 Å². The van der Waals surface area contributed by atoms with Crippen LogP contribution in [0.5, 0.6) is 0 Å². The monoisotopic (exact) mass is 307 g/mol. The summed E-state index contributed by atoms with van der Waals surface area (Å²) in [6.45, 7) is 1.86. The Kier molecular flexibility index (Phi) is 4.52. The Hall–Kier alpha value is -1.94. The average molecular weight is 307 g/mol. The van der Waals surface area contributed by atoms with Gasteiger partial charge in [0.2, 0.25) is 5.91 Å². The maximum atomic E-state index is 12.5. The van der Waals surface area contributed by atoms with Gasteiger partial charge in [-0.1, -0.05) is 0 Å². The average Bonchev–Trinajstić information content (AvgIpc) is 3.18. The lowest BCUT2D eigenvalue weighted by Crippen LogP contribution is -2.50. The van der Waals surface area contributed by atoms with Gasteiger partial charge in [0, 0.05) is 45.8 Å². The molecular weight excluding hydrogens is 286 g/mol. The number of methoxy groups -OCH3 is 1. The van der Waals surface area contributed by atoms with E-state index in [2.05, 4.69) is 16.1 Å². The minimum atomic E-state index is -1.22. The van der Waals surface area contributed by atoms with Gasteiger partial charge in [-0.25, -0.2) is 4.79 Å². The zero-order chi connectivity index (χ0) is 16.4. The van der Waals surface area contributed by atoms with Gasteiger partial charge in [-0.2, -0.15) is 10.2 Å². The summed E-state index contributed by atoms with van der Waals surface area (Å²) in [5.41, 5.74) is -1.75. The number of amides is 1. The quantitative estimate of drug-likeness (QED) is 0.720. The summed E-state index contributed by atoms with van der Waals surface area (Å²) in [6, 6.07) is 0. The van der Waals surface area contributed by atoms with Gasteiger partial charge in [0.1, 0.15) is 5.54 Å². The molecule has 7 heteroatoms. The van der Waals surface area contributed by atoms with E-state index >= 15 is 0 Å². The second-order valence-corrected chi connectivity index (χ2v) is 6.03. The fourth-order valence-electron chi connectivity index (χ4n) is 2.87. The second kappa shape index (κ2) is 6.05. The summed E-state index contributed by atoms with van der Waals surface area (Å²) < 4.78 is 5.23. The molecule has 0 saturated carbocycles. The molecule has 1 N–H and O–H groups in total. The van der Waals surface area contributed by atoms with E-state index in [4.69, 9.17) is 11.2 Å². The molecule has 0 bridgehead atoms. The molecule has 0 radical (unpaired) electrons. The SMILES string of the molecule is C#CCCC1(CCC(=O)N2CC(OC)CC2(C)C(=O)O)N=N1. The van der Waals surface area contributed by atoms with Crippen LogP contribution >= 0.6 is 0 Å². The molecule has 2 heterocycles.